The van der Waals surface area contributed by atoms with E-state index in [1.54, 1.807) is 4.68 Å². The third kappa shape index (κ3) is 4.21. The molecule has 0 aliphatic rings. The molecular weight excluding hydrogens is 412 g/mol. The van der Waals surface area contributed by atoms with Crippen LogP contribution in [0.2, 0.25) is 0 Å². The summed E-state index contributed by atoms with van der Waals surface area (Å²) in [7, 11) is -0.735. The van der Waals surface area contributed by atoms with Crippen LogP contribution in [0.1, 0.15) is 5.56 Å². The molecule has 158 valence electrons. The minimum absolute atomic E-state index is 0.0637. The highest BCUT2D eigenvalue weighted by molar-refractivity contribution is 7.89. The van der Waals surface area contributed by atoms with Crippen molar-refractivity contribution in [2.24, 2.45) is 0 Å². The van der Waals surface area contributed by atoms with Crippen LogP contribution in [-0.4, -0.2) is 41.2 Å². The fraction of sp³-hybridized carbons (Fsp3) is 0.130. The molecule has 2 aromatic heterocycles. The summed E-state index contributed by atoms with van der Waals surface area (Å²) >= 11 is 0. The Hall–Kier alpha value is -3.49. The van der Waals surface area contributed by atoms with Gasteiger partial charge in [0.05, 0.1) is 22.8 Å². The van der Waals surface area contributed by atoms with Crippen LogP contribution in [0.15, 0.2) is 94.9 Å². The second-order valence-corrected chi connectivity index (χ2v) is 9.42. The van der Waals surface area contributed by atoms with E-state index in [1.165, 1.54) is 37.0 Å². The van der Waals surface area contributed by atoms with Crippen molar-refractivity contribution in [3.8, 4) is 16.9 Å². The molecule has 4 rings (SSSR count). The van der Waals surface area contributed by atoms with Gasteiger partial charge < -0.3 is 4.57 Å². The first-order valence-corrected chi connectivity index (χ1v) is 11.1. The lowest BCUT2D eigenvalue weighted by Gasteiger charge is -2.13. The number of rotatable bonds is 6. The topological polar surface area (TPSA) is 77.2 Å². The summed E-state index contributed by atoms with van der Waals surface area (Å²) < 4.78 is 29.3. The summed E-state index contributed by atoms with van der Waals surface area (Å²) in [6.07, 6.45) is 3.25. The molecule has 0 N–H and O–H groups in total. The molecule has 4 aromatic rings. The van der Waals surface area contributed by atoms with E-state index >= 15 is 0 Å². The van der Waals surface area contributed by atoms with Gasteiger partial charge in [-0.2, -0.15) is 5.10 Å². The second kappa shape index (κ2) is 8.33. The normalized spacial score (nSPS) is 11.7. The zero-order valence-corrected chi connectivity index (χ0v) is 18.0. The minimum atomic E-state index is -3.66. The summed E-state index contributed by atoms with van der Waals surface area (Å²) in [6.45, 7) is 0.187. The van der Waals surface area contributed by atoms with Gasteiger partial charge in [0.1, 0.15) is 0 Å². The quantitative estimate of drug-likeness (QED) is 0.467. The molecule has 31 heavy (non-hydrogen) atoms. The Labute approximate surface area is 180 Å². The Morgan fingerprint density at radius 2 is 1.52 bits per heavy atom. The Morgan fingerprint density at radius 1 is 0.871 bits per heavy atom. The SMILES string of the molecule is CN(C)S(=O)(=O)c1ccc(=O)n(Cc2cn(-c3ccccc3)nc2-c2ccccc2)c1. The van der Waals surface area contributed by atoms with Crippen LogP contribution in [-0.2, 0) is 16.6 Å². The van der Waals surface area contributed by atoms with E-state index in [-0.39, 0.29) is 17.0 Å². The number of nitrogens with zero attached hydrogens (tertiary/aromatic N) is 4. The number of hydrogen-bond acceptors (Lipinski definition) is 4. The largest absolute Gasteiger partial charge is 0.310 e. The van der Waals surface area contributed by atoms with Crippen molar-refractivity contribution >= 4 is 10.0 Å². The summed E-state index contributed by atoms with van der Waals surface area (Å²) in [5.74, 6) is 0. The van der Waals surface area contributed by atoms with Crippen LogP contribution in [0.25, 0.3) is 16.9 Å². The van der Waals surface area contributed by atoms with Crippen molar-refractivity contribution < 1.29 is 8.42 Å². The lowest BCUT2D eigenvalue weighted by atomic mass is 10.1. The van der Waals surface area contributed by atoms with Crippen LogP contribution in [0, 0.1) is 0 Å². The van der Waals surface area contributed by atoms with Gasteiger partial charge >= 0.3 is 0 Å². The maximum atomic E-state index is 12.5. The van der Waals surface area contributed by atoms with E-state index in [0.717, 1.165) is 26.8 Å². The molecule has 0 saturated carbocycles. The van der Waals surface area contributed by atoms with Crippen molar-refractivity contribution in [1.82, 2.24) is 18.7 Å². The number of aromatic nitrogens is 3. The molecule has 0 unspecified atom stereocenters. The van der Waals surface area contributed by atoms with E-state index in [0.29, 0.717) is 0 Å². The van der Waals surface area contributed by atoms with Gasteiger partial charge in [-0.15, -0.1) is 0 Å². The molecule has 0 atom stereocenters. The third-order valence-corrected chi connectivity index (χ3v) is 6.73. The highest BCUT2D eigenvalue weighted by Crippen LogP contribution is 2.24. The monoisotopic (exact) mass is 434 g/mol. The smallest absolute Gasteiger partial charge is 0.250 e. The van der Waals surface area contributed by atoms with Crippen LogP contribution < -0.4 is 5.56 Å². The fourth-order valence-corrected chi connectivity index (χ4v) is 4.18. The maximum absolute atomic E-state index is 12.5. The van der Waals surface area contributed by atoms with E-state index in [4.69, 9.17) is 5.10 Å². The van der Waals surface area contributed by atoms with Gasteiger partial charge in [0.25, 0.3) is 5.56 Å². The second-order valence-electron chi connectivity index (χ2n) is 7.27. The standard InChI is InChI=1S/C23H22N4O3S/c1-25(2)31(29,30)21-13-14-22(28)26(17-21)15-19-16-27(20-11-7-4-8-12-20)24-23(19)18-9-5-3-6-10-18/h3-14,16-17H,15H2,1-2H3. The summed E-state index contributed by atoms with van der Waals surface area (Å²) in [5, 5.41) is 4.75. The van der Waals surface area contributed by atoms with Gasteiger partial charge in [-0.25, -0.2) is 17.4 Å². The summed E-state index contributed by atoms with van der Waals surface area (Å²) in [6, 6.07) is 22.0. The Balaban J connectivity index is 1.82. The molecular formula is C23H22N4O3S. The summed E-state index contributed by atoms with van der Waals surface area (Å²) in [5.41, 5.74) is 3.05. The van der Waals surface area contributed by atoms with Gasteiger partial charge in [0.15, 0.2) is 0 Å². The zero-order chi connectivity index (χ0) is 22.0. The van der Waals surface area contributed by atoms with Crippen LogP contribution in [0.4, 0.5) is 0 Å². The molecule has 0 saturated heterocycles. The van der Waals surface area contributed by atoms with E-state index < -0.39 is 10.0 Å². The molecule has 0 spiro atoms. The minimum Gasteiger partial charge on any atom is -0.310 e. The lowest BCUT2D eigenvalue weighted by molar-refractivity contribution is 0.519. The van der Waals surface area contributed by atoms with E-state index in [9.17, 15) is 13.2 Å². The number of sulfonamides is 1. The molecule has 2 aromatic carbocycles. The summed E-state index contributed by atoms with van der Waals surface area (Å²) in [4.78, 5) is 12.6. The molecule has 0 fully saturated rings. The predicted octanol–water partition coefficient (Wildman–Crippen LogP) is 3.00. The number of pyridine rings is 1. The van der Waals surface area contributed by atoms with Crippen molar-refractivity contribution in [3.05, 3.63) is 101 Å². The average Bonchev–Trinajstić information content (AvgIpc) is 3.20. The molecule has 7 nitrogen and oxygen atoms in total. The lowest BCUT2D eigenvalue weighted by Crippen LogP contribution is -2.26. The molecule has 8 heteroatoms. The zero-order valence-electron chi connectivity index (χ0n) is 17.2. The third-order valence-electron chi connectivity index (χ3n) is 4.93. The van der Waals surface area contributed by atoms with Gasteiger partial charge in [-0.05, 0) is 18.2 Å². The Bertz CT molecular complexity index is 1360. The highest BCUT2D eigenvalue weighted by atomic mass is 32.2. The van der Waals surface area contributed by atoms with E-state index in [1.807, 2.05) is 66.9 Å². The van der Waals surface area contributed by atoms with Crippen LogP contribution in [0.3, 0.4) is 0 Å². The number of hydrogen-bond donors (Lipinski definition) is 0. The van der Waals surface area contributed by atoms with Gasteiger partial charge in [0, 0.05) is 43.7 Å². The number of para-hydroxylation sites is 1. The van der Waals surface area contributed by atoms with Crippen LogP contribution >= 0.6 is 0 Å². The molecule has 0 amide bonds. The molecule has 0 aliphatic carbocycles. The molecule has 2 heterocycles. The van der Waals surface area contributed by atoms with Crippen molar-refractivity contribution in [1.29, 1.82) is 0 Å². The highest BCUT2D eigenvalue weighted by Gasteiger charge is 2.19. The first-order chi connectivity index (χ1) is 14.9. The molecule has 0 aliphatic heterocycles. The van der Waals surface area contributed by atoms with Gasteiger partial charge in [-0.1, -0.05) is 48.5 Å². The maximum Gasteiger partial charge on any atom is 0.250 e. The van der Waals surface area contributed by atoms with E-state index in [2.05, 4.69) is 0 Å². The first-order valence-electron chi connectivity index (χ1n) is 9.68. The van der Waals surface area contributed by atoms with Crippen LogP contribution in [0.5, 0.6) is 0 Å². The van der Waals surface area contributed by atoms with Gasteiger partial charge in [0.2, 0.25) is 10.0 Å². The Kier molecular flexibility index (Phi) is 5.58. The van der Waals surface area contributed by atoms with Crippen molar-refractivity contribution in [2.75, 3.05) is 14.1 Å². The van der Waals surface area contributed by atoms with Crippen molar-refractivity contribution in [3.63, 3.8) is 0 Å². The Morgan fingerprint density at radius 3 is 2.16 bits per heavy atom. The molecule has 0 radical (unpaired) electrons. The first kappa shape index (κ1) is 20.8. The fourth-order valence-electron chi connectivity index (χ4n) is 3.26. The van der Waals surface area contributed by atoms with Crippen molar-refractivity contribution in [2.45, 2.75) is 11.4 Å². The average molecular weight is 435 g/mol. The number of benzene rings is 2. The predicted molar refractivity (Wildman–Crippen MR) is 120 cm³/mol. The van der Waals surface area contributed by atoms with Gasteiger partial charge in [-0.3, -0.25) is 4.79 Å². The molecule has 0 bridgehead atoms.